The summed E-state index contributed by atoms with van der Waals surface area (Å²) in [5, 5.41) is 0. The predicted molar refractivity (Wildman–Crippen MR) is 95.8 cm³/mol. The Morgan fingerprint density at radius 1 is 1.16 bits per heavy atom. The van der Waals surface area contributed by atoms with Gasteiger partial charge in [-0.2, -0.15) is 0 Å². The number of carbonyl (C=O) groups excluding carboxylic acids is 2. The highest BCUT2D eigenvalue weighted by atomic mass is 16.6. The van der Waals surface area contributed by atoms with Crippen molar-refractivity contribution in [2.75, 3.05) is 11.4 Å². The molecule has 1 heterocycles. The number of carbonyl (C=O) groups is 2. The van der Waals surface area contributed by atoms with Crippen molar-refractivity contribution in [2.24, 2.45) is 29.1 Å². The van der Waals surface area contributed by atoms with Crippen molar-refractivity contribution in [2.45, 2.75) is 33.3 Å². The van der Waals surface area contributed by atoms with Crippen LogP contribution in [-0.2, 0) is 14.3 Å². The van der Waals surface area contributed by atoms with Gasteiger partial charge in [0.25, 0.3) is 5.91 Å². The van der Waals surface area contributed by atoms with E-state index >= 15 is 0 Å². The highest BCUT2D eigenvalue weighted by Gasteiger charge is 2.52. The first-order chi connectivity index (χ1) is 11.9. The zero-order valence-electron chi connectivity index (χ0n) is 15.0. The van der Waals surface area contributed by atoms with E-state index in [2.05, 4.69) is 19.1 Å². The number of anilines is 1. The Bertz CT molecular complexity index is 724. The van der Waals surface area contributed by atoms with Crippen molar-refractivity contribution in [3.05, 3.63) is 42.5 Å². The summed E-state index contributed by atoms with van der Waals surface area (Å²) >= 11 is 0. The number of rotatable bonds is 3. The minimum absolute atomic E-state index is 0.107. The molecule has 0 spiro atoms. The van der Waals surface area contributed by atoms with Gasteiger partial charge in [-0.25, -0.2) is 0 Å². The molecule has 4 rings (SSSR count). The fourth-order valence-electron chi connectivity index (χ4n) is 4.73. The second-order valence-electron chi connectivity index (χ2n) is 8.40. The molecule has 5 atom stereocenters. The monoisotopic (exact) mass is 339 g/mol. The molecule has 2 bridgehead atoms. The zero-order valence-corrected chi connectivity index (χ0v) is 15.0. The first kappa shape index (κ1) is 16.4. The third-order valence-electron chi connectivity index (χ3n) is 6.19. The maximum absolute atomic E-state index is 12.9. The number of ether oxygens (including phenoxy) is 1. The van der Waals surface area contributed by atoms with Crippen LogP contribution in [0.1, 0.15) is 27.2 Å². The van der Waals surface area contributed by atoms with Gasteiger partial charge in [0.15, 0.2) is 6.10 Å². The summed E-state index contributed by atoms with van der Waals surface area (Å²) in [6, 6.07) is 9.59. The number of fused-ring (bicyclic) bond motifs is 2. The minimum Gasteiger partial charge on any atom is -0.451 e. The van der Waals surface area contributed by atoms with Crippen molar-refractivity contribution in [1.82, 2.24) is 0 Å². The molecular weight excluding hydrogens is 314 g/mol. The van der Waals surface area contributed by atoms with Gasteiger partial charge in [0.2, 0.25) is 0 Å². The van der Waals surface area contributed by atoms with Gasteiger partial charge in [-0.15, -0.1) is 0 Å². The molecule has 1 aromatic carbocycles. The van der Waals surface area contributed by atoms with E-state index in [0.29, 0.717) is 18.4 Å². The lowest BCUT2D eigenvalue weighted by Gasteiger charge is -2.28. The lowest BCUT2D eigenvalue weighted by Crippen LogP contribution is -2.39. The van der Waals surface area contributed by atoms with Crippen molar-refractivity contribution in [1.29, 1.82) is 0 Å². The van der Waals surface area contributed by atoms with Gasteiger partial charge in [-0.1, -0.05) is 51.1 Å². The molecule has 1 aliphatic heterocycles. The summed E-state index contributed by atoms with van der Waals surface area (Å²) in [6.45, 7) is 6.67. The average molecular weight is 339 g/mol. The van der Waals surface area contributed by atoms with E-state index in [1.165, 1.54) is 0 Å². The molecule has 1 amide bonds. The molecule has 0 radical (unpaired) electrons. The van der Waals surface area contributed by atoms with E-state index < -0.39 is 11.5 Å². The lowest BCUT2D eigenvalue weighted by molar-refractivity contribution is -0.164. The number of hydrogen-bond acceptors (Lipinski definition) is 3. The summed E-state index contributed by atoms with van der Waals surface area (Å²) in [5.41, 5.74) is 0.453. The minimum atomic E-state index is -0.712. The number of para-hydroxylation sites is 1. The molecule has 25 heavy (non-hydrogen) atoms. The van der Waals surface area contributed by atoms with Crippen molar-refractivity contribution >= 4 is 17.6 Å². The second-order valence-corrected chi connectivity index (χ2v) is 8.40. The summed E-state index contributed by atoms with van der Waals surface area (Å²) in [7, 11) is 0. The molecular formula is C21H25NO3. The molecule has 0 aromatic heterocycles. The summed E-state index contributed by atoms with van der Waals surface area (Å²) in [4.78, 5) is 27.5. The molecule has 1 saturated heterocycles. The highest BCUT2D eigenvalue weighted by Crippen LogP contribution is 2.48. The van der Waals surface area contributed by atoms with Gasteiger partial charge in [-0.3, -0.25) is 9.59 Å². The smallest absolute Gasteiger partial charge is 0.310 e. The number of esters is 1. The van der Waals surface area contributed by atoms with E-state index in [0.717, 1.165) is 12.1 Å². The van der Waals surface area contributed by atoms with E-state index in [-0.39, 0.29) is 23.7 Å². The Morgan fingerprint density at radius 2 is 1.84 bits per heavy atom. The first-order valence-electron chi connectivity index (χ1n) is 9.14. The van der Waals surface area contributed by atoms with Crippen LogP contribution in [0, 0.1) is 29.1 Å². The molecule has 4 nitrogen and oxygen atoms in total. The Balaban J connectivity index is 1.53. The van der Waals surface area contributed by atoms with Crippen LogP contribution in [0.4, 0.5) is 5.69 Å². The molecule has 3 aliphatic rings. The Labute approximate surface area is 148 Å². The normalized spacial score (nSPS) is 35.4. The number of benzene rings is 1. The SMILES string of the molecule is C[C@@H]1[C@@H](C(=O)O[C@H]2C(=O)N(c3ccccc3)CC2(C)C)[C@H]2C=C[C@@H]1C2. The number of hydrogen-bond donors (Lipinski definition) is 0. The van der Waals surface area contributed by atoms with E-state index in [4.69, 9.17) is 4.74 Å². The standard InChI is InChI=1S/C21H25NO3/c1-13-14-9-10-15(11-14)17(13)20(24)25-18-19(23)22(12-21(18,2)3)16-7-5-4-6-8-16/h4-10,13-15,17-18H,11-12H2,1-3H3/t13-,14+,15-,17+,18-/m0/s1. The Kier molecular flexibility index (Phi) is 3.75. The molecule has 1 saturated carbocycles. The van der Waals surface area contributed by atoms with Crippen LogP contribution in [-0.4, -0.2) is 24.5 Å². The van der Waals surface area contributed by atoms with Gasteiger partial charge in [-0.05, 0) is 36.3 Å². The topological polar surface area (TPSA) is 46.6 Å². The quantitative estimate of drug-likeness (QED) is 0.626. The molecule has 132 valence electrons. The van der Waals surface area contributed by atoms with E-state index in [1.54, 1.807) is 4.90 Å². The zero-order chi connectivity index (χ0) is 17.8. The second kappa shape index (κ2) is 5.72. The number of amides is 1. The predicted octanol–water partition coefficient (Wildman–Crippen LogP) is 3.43. The number of nitrogens with zero attached hydrogens (tertiary/aromatic N) is 1. The summed E-state index contributed by atoms with van der Waals surface area (Å²) < 4.78 is 5.83. The van der Waals surface area contributed by atoms with Crippen LogP contribution >= 0.6 is 0 Å². The third kappa shape index (κ3) is 2.59. The average Bonchev–Trinajstić information content (AvgIpc) is 3.24. The molecule has 4 heteroatoms. The Hall–Kier alpha value is -2.10. The maximum atomic E-state index is 12.9. The van der Waals surface area contributed by atoms with Crippen LogP contribution < -0.4 is 4.90 Å². The molecule has 0 unspecified atom stereocenters. The third-order valence-corrected chi connectivity index (χ3v) is 6.19. The fraction of sp³-hybridized carbons (Fsp3) is 0.524. The molecule has 2 fully saturated rings. The van der Waals surface area contributed by atoms with Crippen LogP contribution in [0.25, 0.3) is 0 Å². The van der Waals surface area contributed by atoms with Crippen molar-refractivity contribution in [3.63, 3.8) is 0 Å². The first-order valence-corrected chi connectivity index (χ1v) is 9.14. The molecule has 1 aromatic rings. The highest BCUT2D eigenvalue weighted by molar-refractivity contribution is 6.00. The van der Waals surface area contributed by atoms with E-state index in [1.807, 2.05) is 44.2 Å². The summed E-state index contributed by atoms with van der Waals surface area (Å²) in [6.07, 6.45) is 4.70. The lowest BCUT2D eigenvalue weighted by atomic mass is 9.84. The summed E-state index contributed by atoms with van der Waals surface area (Å²) in [5.74, 6) is 0.631. The fourth-order valence-corrected chi connectivity index (χ4v) is 4.73. The van der Waals surface area contributed by atoms with Gasteiger partial charge in [0.05, 0.1) is 5.92 Å². The van der Waals surface area contributed by atoms with Crippen molar-refractivity contribution in [3.8, 4) is 0 Å². The molecule has 2 aliphatic carbocycles. The maximum Gasteiger partial charge on any atom is 0.310 e. The largest absolute Gasteiger partial charge is 0.451 e. The van der Waals surface area contributed by atoms with Gasteiger partial charge >= 0.3 is 5.97 Å². The van der Waals surface area contributed by atoms with Gasteiger partial charge in [0.1, 0.15) is 0 Å². The Morgan fingerprint density at radius 3 is 2.48 bits per heavy atom. The molecule has 0 N–H and O–H groups in total. The number of allylic oxidation sites excluding steroid dienone is 2. The van der Waals surface area contributed by atoms with Crippen molar-refractivity contribution < 1.29 is 14.3 Å². The van der Waals surface area contributed by atoms with Gasteiger partial charge < -0.3 is 9.64 Å². The van der Waals surface area contributed by atoms with Gasteiger partial charge in [0, 0.05) is 17.6 Å². The van der Waals surface area contributed by atoms with Crippen LogP contribution in [0.15, 0.2) is 42.5 Å². The van der Waals surface area contributed by atoms with Crippen LogP contribution in [0.3, 0.4) is 0 Å². The van der Waals surface area contributed by atoms with E-state index in [9.17, 15) is 9.59 Å². The van der Waals surface area contributed by atoms with Crippen LogP contribution in [0.2, 0.25) is 0 Å². The van der Waals surface area contributed by atoms with Crippen LogP contribution in [0.5, 0.6) is 0 Å².